The summed E-state index contributed by atoms with van der Waals surface area (Å²) in [5, 5.41) is 9.74. The Morgan fingerprint density at radius 2 is 2.00 bits per heavy atom. The van der Waals surface area contributed by atoms with E-state index >= 15 is 0 Å². The summed E-state index contributed by atoms with van der Waals surface area (Å²) in [5.74, 6) is 0.589. The quantitative estimate of drug-likeness (QED) is 0.943. The number of hydrogen-bond acceptors (Lipinski definition) is 3. The molecule has 1 N–H and O–H groups in total. The highest BCUT2D eigenvalue weighted by atomic mass is 35.5. The van der Waals surface area contributed by atoms with Crippen LogP contribution in [0.3, 0.4) is 0 Å². The van der Waals surface area contributed by atoms with Crippen molar-refractivity contribution in [3.63, 3.8) is 0 Å². The maximum absolute atomic E-state index is 12.4. The maximum Gasteiger partial charge on any atom is 0.256 e. The van der Waals surface area contributed by atoms with E-state index in [2.05, 4.69) is 0 Å². The third kappa shape index (κ3) is 2.96. The highest BCUT2D eigenvalue weighted by Crippen LogP contribution is 2.30. The van der Waals surface area contributed by atoms with Crippen molar-refractivity contribution in [2.75, 3.05) is 7.11 Å². The topological polar surface area (TPSA) is 51.5 Å². The first kappa shape index (κ1) is 15.6. The molecule has 0 bridgehead atoms. The lowest BCUT2D eigenvalue weighted by Gasteiger charge is -2.18. The molecule has 0 aliphatic carbocycles. The van der Waals surface area contributed by atoms with Crippen molar-refractivity contribution in [3.05, 3.63) is 51.3 Å². The molecule has 0 amide bonds. The van der Waals surface area contributed by atoms with Crippen LogP contribution in [0.25, 0.3) is 11.3 Å². The minimum atomic E-state index is -0.269. The molecule has 1 aromatic heterocycles. The van der Waals surface area contributed by atoms with Crippen molar-refractivity contribution in [1.29, 1.82) is 0 Å². The van der Waals surface area contributed by atoms with E-state index in [-0.39, 0.29) is 18.2 Å². The maximum atomic E-state index is 12.4. The van der Waals surface area contributed by atoms with Crippen LogP contribution >= 0.6 is 11.6 Å². The molecule has 0 fully saturated rings. The fourth-order valence-corrected chi connectivity index (χ4v) is 2.55. The minimum absolute atomic E-state index is 0.0279. The minimum Gasteiger partial charge on any atom is -0.495 e. The van der Waals surface area contributed by atoms with Crippen LogP contribution in [0.5, 0.6) is 5.75 Å². The summed E-state index contributed by atoms with van der Waals surface area (Å²) in [4.78, 5) is 12.4. The third-order valence-electron chi connectivity index (χ3n) is 3.33. The van der Waals surface area contributed by atoms with Crippen LogP contribution < -0.4 is 10.3 Å². The second-order valence-corrected chi connectivity index (χ2v) is 5.43. The van der Waals surface area contributed by atoms with E-state index in [1.807, 2.05) is 26.0 Å². The Hall–Kier alpha value is -1.78. The van der Waals surface area contributed by atoms with E-state index in [0.29, 0.717) is 16.3 Å². The molecular weight excluding hydrogens is 290 g/mol. The van der Waals surface area contributed by atoms with Crippen LogP contribution in [-0.4, -0.2) is 16.8 Å². The van der Waals surface area contributed by atoms with Crippen LogP contribution in [-0.2, 0) is 6.61 Å². The standard InChI is InChI=1S/C16H18ClNO3/c1-10(2)18-14(6-4-12(9-19)16(18)20)11-5-7-15(21-3)13(17)8-11/h4-8,10,19H,9H2,1-3H3. The Labute approximate surface area is 128 Å². The number of ether oxygens (including phenoxy) is 1. The van der Waals surface area contributed by atoms with E-state index < -0.39 is 0 Å². The van der Waals surface area contributed by atoms with Gasteiger partial charge in [-0.3, -0.25) is 4.79 Å². The Bertz CT molecular complexity index is 707. The van der Waals surface area contributed by atoms with Gasteiger partial charge in [0.15, 0.2) is 0 Å². The van der Waals surface area contributed by atoms with Crippen molar-refractivity contribution in [1.82, 2.24) is 4.57 Å². The van der Waals surface area contributed by atoms with Gasteiger partial charge in [-0.25, -0.2) is 0 Å². The summed E-state index contributed by atoms with van der Waals surface area (Å²) in [5.41, 5.74) is 1.79. The summed E-state index contributed by atoms with van der Waals surface area (Å²) in [7, 11) is 1.56. The Morgan fingerprint density at radius 1 is 1.29 bits per heavy atom. The fourth-order valence-electron chi connectivity index (χ4n) is 2.29. The van der Waals surface area contributed by atoms with Crippen molar-refractivity contribution >= 4 is 11.6 Å². The lowest BCUT2D eigenvalue weighted by Crippen LogP contribution is -2.26. The van der Waals surface area contributed by atoms with Crippen molar-refractivity contribution in [2.24, 2.45) is 0 Å². The van der Waals surface area contributed by atoms with Crippen LogP contribution in [0.15, 0.2) is 35.1 Å². The predicted octanol–water partition coefficient (Wildman–Crippen LogP) is 3.25. The monoisotopic (exact) mass is 307 g/mol. The van der Waals surface area contributed by atoms with E-state index in [4.69, 9.17) is 16.3 Å². The SMILES string of the molecule is COc1ccc(-c2ccc(CO)c(=O)n2C(C)C)cc1Cl. The smallest absolute Gasteiger partial charge is 0.256 e. The molecular formula is C16H18ClNO3. The lowest BCUT2D eigenvalue weighted by molar-refractivity contribution is 0.279. The molecule has 0 radical (unpaired) electrons. The predicted molar refractivity (Wildman–Crippen MR) is 84.0 cm³/mol. The molecule has 0 spiro atoms. The summed E-state index contributed by atoms with van der Waals surface area (Å²) >= 11 is 6.16. The molecule has 2 aromatic rings. The van der Waals surface area contributed by atoms with Gasteiger partial charge in [0.1, 0.15) is 5.75 Å². The largest absolute Gasteiger partial charge is 0.495 e. The van der Waals surface area contributed by atoms with Crippen molar-refractivity contribution in [3.8, 4) is 17.0 Å². The average Bonchev–Trinajstić information content (AvgIpc) is 2.46. The Morgan fingerprint density at radius 3 is 2.52 bits per heavy atom. The highest BCUT2D eigenvalue weighted by molar-refractivity contribution is 6.32. The molecule has 1 aromatic carbocycles. The first-order valence-corrected chi connectivity index (χ1v) is 7.06. The van der Waals surface area contributed by atoms with Crippen LogP contribution in [0.4, 0.5) is 0 Å². The zero-order valence-corrected chi connectivity index (χ0v) is 13.0. The molecule has 0 unspecified atom stereocenters. The number of aliphatic hydroxyl groups excluding tert-OH is 1. The van der Waals surface area contributed by atoms with Crippen molar-refractivity contribution < 1.29 is 9.84 Å². The van der Waals surface area contributed by atoms with Crippen molar-refractivity contribution in [2.45, 2.75) is 26.5 Å². The van der Waals surface area contributed by atoms with Gasteiger partial charge in [0.25, 0.3) is 5.56 Å². The number of aliphatic hydroxyl groups is 1. The van der Waals surface area contributed by atoms with E-state index in [9.17, 15) is 9.90 Å². The van der Waals surface area contributed by atoms with Gasteiger partial charge in [0.2, 0.25) is 0 Å². The molecule has 0 aliphatic heterocycles. The molecule has 1 heterocycles. The Balaban J connectivity index is 2.66. The second kappa shape index (κ2) is 6.33. The van der Waals surface area contributed by atoms with Gasteiger partial charge in [0.05, 0.1) is 24.4 Å². The molecule has 2 rings (SSSR count). The number of aromatic nitrogens is 1. The molecule has 0 atom stereocenters. The molecule has 112 valence electrons. The number of pyridine rings is 1. The zero-order chi connectivity index (χ0) is 15.6. The molecule has 5 heteroatoms. The average molecular weight is 308 g/mol. The van der Waals surface area contributed by atoms with Gasteiger partial charge in [-0.05, 0) is 49.7 Å². The number of benzene rings is 1. The number of methoxy groups -OCH3 is 1. The van der Waals surface area contributed by atoms with Gasteiger partial charge in [-0.15, -0.1) is 0 Å². The number of rotatable bonds is 4. The van der Waals surface area contributed by atoms with E-state index in [1.54, 1.807) is 29.9 Å². The lowest BCUT2D eigenvalue weighted by atomic mass is 10.1. The second-order valence-electron chi connectivity index (χ2n) is 5.02. The van der Waals surface area contributed by atoms with Crippen LogP contribution in [0.2, 0.25) is 5.02 Å². The normalized spacial score (nSPS) is 11.0. The molecule has 0 saturated carbocycles. The van der Waals surface area contributed by atoms with Gasteiger partial charge in [-0.1, -0.05) is 11.6 Å². The summed E-state index contributed by atoms with van der Waals surface area (Å²) in [6.45, 7) is 3.59. The van der Waals surface area contributed by atoms with Gasteiger partial charge < -0.3 is 14.4 Å². The van der Waals surface area contributed by atoms with Crippen LogP contribution in [0.1, 0.15) is 25.5 Å². The van der Waals surface area contributed by atoms with Gasteiger partial charge >= 0.3 is 0 Å². The van der Waals surface area contributed by atoms with Gasteiger partial charge in [-0.2, -0.15) is 0 Å². The number of nitrogens with zero attached hydrogens (tertiary/aromatic N) is 1. The molecule has 21 heavy (non-hydrogen) atoms. The summed E-state index contributed by atoms with van der Waals surface area (Å²) < 4.78 is 6.80. The van der Waals surface area contributed by atoms with E-state index in [1.165, 1.54) is 0 Å². The zero-order valence-electron chi connectivity index (χ0n) is 12.3. The molecule has 4 nitrogen and oxygen atoms in total. The van der Waals surface area contributed by atoms with Crippen LogP contribution in [0, 0.1) is 0 Å². The fraction of sp³-hybridized carbons (Fsp3) is 0.312. The number of halogens is 1. The summed E-state index contributed by atoms with van der Waals surface area (Å²) in [6.07, 6.45) is 0. The third-order valence-corrected chi connectivity index (χ3v) is 3.63. The molecule has 0 aliphatic rings. The molecule has 0 saturated heterocycles. The van der Waals surface area contributed by atoms with E-state index in [0.717, 1.165) is 11.3 Å². The van der Waals surface area contributed by atoms with Gasteiger partial charge in [0, 0.05) is 11.6 Å². The number of hydrogen-bond donors (Lipinski definition) is 1. The Kier molecular flexibility index (Phi) is 4.70. The highest BCUT2D eigenvalue weighted by Gasteiger charge is 2.13. The first-order valence-electron chi connectivity index (χ1n) is 6.68. The summed E-state index contributed by atoms with van der Waals surface area (Å²) in [6, 6.07) is 8.84. The first-order chi connectivity index (χ1) is 9.99.